The van der Waals surface area contributed by atoms with Gasteiger partial charge in [0, 0.05) is 5.69 Å². The molecule has 0 spiro atoms. The van der Waals surface area contributed by atoms with Crippen LogP contribution < -0.4 is 14.8 Å². The van der Waals surface area contributed by atoms with Gasteiger partial charge in [0.1, 0.15) is 11.5 Å². The Labute approximate surface area is 161 Å². The highest BCUT2D eigenvalue weighted by Gasteiger charge is 2.09. The summed E-state index contributed by atoms with van der Waals surface area (Å²) in [6, 6.07) is 17.8. The van der Waals surface area contributed by atoms with Gasteiger partial charge in [-0.05, 0) is 59.8 Å². The van der Waals surface area contributed by atoms with Crippen molar-refractivity contribution in [3.05, 3.63) is 76.5 Å². The van der Waals surface area contributed by atoms with Gasteiger partial charge < -0.3 is 14.8 Å². The molecule has 0 saturated carbocycles. The normalized spacial score (nSPS) is 10.3. The first-order valence-corrected chi connectivity index (χ1v) is 9.39. The van der Waals surface area contributed by atoms with E-state index in [2.05, 4.69) is 12.2 Å². The molecule has 6 heteroatoms. The van der Waals surface area contributed by atoms with Crippen molar-refractivity contribution in [3.8, 4) is 11.5 Å². The third-order valence-electron chi connectivity index (χ3n) is 3.78. The highest BCUT2D eigenvalue weighted by Crippen LogP contribution is 2.18. The molecule has 0 atom stereocenters. The van der Waals surface area contributed by atoms with Crippen molar-refractivity contribution in [2.45, 2.75) is 13.3 Å². The summed E-state index contributed by atoms with van der Waals surface area (Å²) in [7, 11) is 0. The summed E-state index contributed by atoms with van der Waals surface area (Å²) in [6.07, 6.45) is 0.950. The average Bonchev–Trinajstić information content (AvgIpc) is 3.23. The largest absolute Gasteiger partial charge is 0.482 e. The van der Waals surface area contributed by atoms with Gasteiger partial charge in [0.25, 0.3) is 5.91 Å². The molecule has 27 heavy (non-hydrogen) atoms. The number of carbonyl (C=O) groups is 2. The van der Waals surface area contributed by atoms with Gasteiger partial charge >= 0.3 is 5.97 Å². The number of carbonyl (C=O) groups excluding carboxylic acids is 2. The molecule has 2 aromatic carbocycles. The van der Waals surface area contributed by atoms with E-state index in [9.17, 15) is 9.59 Å². The molecular formula is C21H19NO4S. The third kappa shape index (κ3) is 5.43. The molecule has 0 radical (unpaired) electrons. The molecule has 0 aliphatic rings. The van der Waals surface area contributed by atoms with Crippen LogP contribution >= 0.6 is 11.3 Å². The number of rotatable bonds is 7. The standard InChI is InChI=1S/C21H19NO4S/c1-2-15-5-9-17(10-6-15)25-14-20(23)26-18-11-7-16(8-12-18)22-21(24)19-4-3-13-27-19/h3-13H,2,14H2,1H3,(H,22,24). The molecule has 0 bridgehead atoms. The fourth-order valence-corrected chi connectivity index (χ4v) is 2.95. The van der Waals surface area contributed by atoms with Crippen LogP contribution in [0.15, 0.2) is 66.0 Å². The summed E-state index contributed by atoms with van der Waals surface area (Å²) in [6.45, 7) is 1.90. The van der Waals surface area contributed by atoms with E-state index in [0.29, 0.717) is 22.1 Å². The minimum Gasteiger partial charge on any atom is -0.482 e. The van der Waals surface area contributed by atoms with Crippen LogP contribution in [0.1, 0.15) is 22.2 Å². The van der Waals surface area contributed by atoms with Gasteiger partial charge in [0.2, 0.25) is 0 Å². The number of ether oxygens (including phenoxy) is 2. The number of hydrogen-bond acceptors (Lipinski definition) is 5. The number of amides is 1. The van der Waals surface area contributed by atoms with Crippen LogP contribution in [0.5, 0.6) is 11.5 Å². The average molecular weight is 381 g/mol. The zero-order chi connectivity index (χ0) is 19.1. The minimum atomic E-state index is -0.495. The molecule has 0 fully saturated rings. The van der Waals surface area contributed by atoms with Crippen molar-refractivity contribution in [1.82, 2.24) is 0 Å². The number of esters is 1. The first kappa shape index (κ1) is 18.7. The van der Waals surface area contributed by atoms with Crippen molar-refractivity contribution in [1.29, 1.82) is 0 Å². The van der Waals surface area contributed by atoms with Crippen molar-refractivity contribution < 1.29 is 19.1 Å². The van der Waals surface area contributed by atoms with E-state index in [0.717, 1.165) is 6.42 Å². The summed E-state index contributed by atoms with van der Waals surface area (Å²) < 4.78 is 10.7. The van der Waals surface area contributed by atoms with Crippen LogP contribution in [0.3, 0.4) is 0 Å². The smallest absolute Gasteiger partial charge is 0.349 e. The summed E-state index contributed by atoms with van der Waals surface area (Å²) in [5.41, 5.74) is 1.83. The van der Waals surface area contributed by atoms with E-state index >= 15 is 0 Å². The van der Waals surface area contributed by atoms with Crippen LogP contribution in [0.25, 0.3) is 0 Å². The van der Waals surface area contributed by atoms with Gasteiger partial charge in [-0.25, -0.2) is 4.79 Å². The van der Waals surface area contributed by atoms with Gasteiger partial charge in [-0.1, -0.05) is 25.1 Å². The molecule has 1 N–H and O–H groups in total. The van der Waals surface area contributed by atoms with Gasteiger partial charge in [0.05, 0.1) is 4.88 Å². The third-order valence-corrected chi connectivity index (χ3v) is 4.65. The van der Waals surface area contributed by atoms with Crippen LogP contribution in [0.4, 0.5) is 5.69 Å². The van der Waals surface area contributed by atoms with Crippen molar-refractivity contribution >= 4 is 28.9 Å². The van der Waals surface area contributed by atoms with Crippen molar-refractivity contribution in [2.75, 3.05) is 11.9 Å². The lowest BCUT2D eigenvalue weighted by atomic mass is 10.2. The van der Waals surface area contributed by atoms with E-state index in [1.807, 2.05) is 35.7 Å². The van der Waals surface area contributed by atoms with Gasteiger partial charge in [0.15, 0.2) is 6.61 Å². The van der Waals surface area contributed by atoms with Gasteiger partial charge in [-0.3, -0.25) is 4.79 Å². The van der Waals surface area contributed by atoms with E-state index < -0.39 is 5.97 Å². The lowest BCUT2D eigenvalue weighted by Gasteiger charge is -2.08. The summed E-state index contributed by atoms with van der Waals surface area (Å²) >= 11 is 1.37. The van der Waals surface area contributed by atoms with E-state index in [4.69, 9.17) is 9.47 Å². The summed E-state index contributed by atoms with van der Waals surface area (Å²) in [5.74, 6) is 0.344. The first-order valence-electron chi connectivity index (χ1n) is 8.51. The topological polar surface area (TPSA) is 64.6 Å². The Hall–Kier alpha value is -3.12. The van der Waals surface area contributed by atoms with E-state index in [1.54, 1.807) is 30.3 Å². The van der Waals surface area contributed by atoms with Crippen molar-refractivity contribution in [2.24, 2.45) is 0 Å². The molecule has 1 heterocycles. The van der Waals surface area contributed by atoms with Gasteiger partial charge in [-0.2, -0.15) is 0 Å². The monoisotopic (exact) mass is 381 g/mol. The summed E-state index contributed by atoms with van der Waals surface area (Å²) in [5, 5.41) is 4.63. The fourth-order valence-electron chi connectivity index (χ4n) is 2.33. The predicted octanol–water partition coefficient (Wildman–Crippen LogP) is 4.55. The Morgan fingerprint density at radius 2 is 1.67 bits per heavy atom. The number of thiophene rings is 1. The molecule has 5 nitrogen and oxygen atoms in total. The Kier molecular flexibility index (Phi) is 6.22. The van der Waals surface area contributed by atoms with E-state index in [1.165, 1.54) is 16.9 Å². The first-order chi connectivity index (χ1) is 13.1. The second-order valence-corrected chi connectivity index (χ2v) is 6.66. The quantitative estimate of drug-likeness (QED) is 0.482. The molecule has 138 valence electrons. The van der Waals surface area contributed by atoms with Crippen LogP contribution in [0, 0.1) is 0 Å². The Balaban J connectivity index is 1.48. The number of aryl methyl sites for hydroxylation is 1. The van der Waals surface area contributed by atoms with Crippen molar-refractivity contribution in [3.63, 3.8) is 0 Å². The summed E-state index contributed by atoms with van der Waals surface area (Å²) in [4.78, 5) is 24.5. The Morgan fingerprint density at radius 3 is 2.30 bits per heavy atom. The second-order valence-electron chi connectivity index (χ2n) is 5.72. The molecule has 3 aromatic rings. The second kappa shape index (κ2) is 9.00. The molecule has 1 amide bonds. The number of anilines is 1. The lowest BCUT2D eigenvalue weighted by Crippen LogP contribution is -2.17. The molecule has 0 aliphatic carbocycles. The Morgan fingerprint density at radius 1 is 0.963 bits per heavy atom. The molecule has 1 aromatic heterocycles. The van der Waals surface area contributed by atoms with Gasteiger partial charge in [-0.15, -0.1) is 11.3 Å². The Bertz CT molecular complexity index is 887. The maximum absolute atomic E-state index is 12.0. The van der Waals surface area contributed by atoms with Crippen LogP contribution in [-0.2, 0) is 11.2 Å². The zero-order valence-electron chi connectivity index (χ0n) is 14.8. The maximum Gasteiger partial charge on any atom is 0.349 e. The van der Waals surface area contributed by atoms with Crippen LogP contribution in [0.2, 0.25) is 0 Å². The zero-order valence-corrected chi connectivity index (χ0v) is 15.6. The predicted molar refractivity (Wildman–Crippen MR) is 106 cm³/mol. The molecule has 0 unspecified atom stereocenters. The number of nitrogens with one attached hydrogen (secondary N) is 1. The molecular weight excluding hydrogens is 362 g/mol. The van der Waals surface area contributed by atoms with Crippen LogP contribution in [-0.4, -0.2) is 18.5 Å². The number of hydrogen-bond donors (Lipinski definition) is 1. The highest BCUT2D eigenvalue weighted by molar-refractivity contribution is 7.12. The number of benzene rings is 2. The maximum atomic E-state index is 12.0. The lowest BCUT2D eigenvalue weighted by molar-refractivity contribution is -0.136. The highest BCUT2D eigenvalue weighted by atomic mass is 32.1. The molecule has 0 saturated heterocycles. The SMILES string of the molecule is CCc1ccc(OCC(=O)Oc2ccc(NC(=O)c3cccs3)cc2)cc1. The molecule has 3 rings (SSSR count). The van der Waals surface area contributed by atoms with E-state index in [-0.39, 0.29) is 12.5 Å². The fraction of sp³-hybridized carbons (Fsp3) is 0.143. The molecule has 0 aliphatic heterocycles. The minimum absolute atomic E-state index is 0.169.